The number of nitrogens with one attached hydrogen (secondary N) is 1. The number of rotatable bonds is 3. The summed E-state index contributed by atoms with van der Waals surface area (Å²) in [5.41, 5.74) is 2.12. The first kappa shape index (κ1) is 11.7. The monoisotopic (exact) mass is 274 g/mol. The summed E-state index contributed by atoms with van der Waals surface area (Å²) >= 11 is 2.04. The smallest absolute Gasteiger partial charge is 0.160 e. The predicted molar refractivity (Wildman–Crippen MR) is 78.6 cm³/mol. The number of hydrogen-bond acceptors (Lipinski definition) is 4. The molecule has 19 heavy (non-hydrogen) atoms. The molecule has 1 atom stereocenters. The van der Waals surface area contributed by atoms with Gasteiger partial charge in [0.1, 0.15) is 11.3 Å². The van der Waals surface area contributed by atoms with Crippen LogP contribution in [-0.2, 0) is 6.42 Å². The lowest BCUT2D eigenvalue weighted by Crippen LogP contribution is -2.39. The fraction of sp³-hybridized carbons (Fsp3) is 0.571. The minimum absolute atomic E-state index is 0.563. The molecule has 3 heterocycles. The molecule has 5 heteroatoms. The van der Waals surface area contributed by atoms with Crippen molar-refractivity contribution in [2.75, 3.05) is 18.1 Å². The molecule has 1 N–H and O–H groups in total. The van der Waals surface area contributed by atoms with Gasteiger partial charge < -0.3 is 9.88 Å². The summed E-state index contributed by atoms with van der Waals surface area (Å²) in [4.78, 5) is 9.35. The zero-order chi connectivity index (χ0) is 12.7. The minimum atomic E-state index is 0.563. The van der Waals surface area contributed by atoms with E-state index in [-0.39, 0.29) is 0 Å². The van der Waals surface area contributed by atoms with Gasteiger partial charge >= 0.3 is 0 Å². The first-order chi connectivity index (χ1) is 9.42. The molecule has 2 aromatic heterocycles. The molecule has 0 amide bonds. The Bertz CT molecular complexity index is 584. The van der Waals surface area contributed by atoms with Crippen molar-refractivity contribution >= 4 is 22.9 Å². The van der Waals surface area contributed by atoms with Gasteiger partial charge in [0.05, 0.1) is 0 Å². The van der Waals surface area contributed by atoms with Crippen molar-refractivity contribution < 1.29 is 0 Å². The van der Waals surface area contributed by atoms with Crippen molar-refractivity contribution in [2.45, 2.75) is 31.3 Å². The molecule has 0 spiro atoms. The molecule has 0 bridgehead atoms. The summed E-state index contributed by atoms with van der Waals surface area (Å²) in [6.07, 6.45) is 5.46. The van der Waals surface area contributed by atoms with Gasteiger partial charge in [-0.25, -0.2) is 9.97 Å². The maximum Gasteiger partial charge on any atom is 0.160 e. The van der Waals surface area contributed by atoms with Crippen LogP contribution in [0.5, 0.6) is 0 Å². The number of nitrogens with zero attached hydrogens (tertiary/aromatic N) is 3. The van der Waals surface area contributed by atoms with Gasteiger partial charge in [-0.1, -0.05) is 0 Å². The fourth-order valence-electron chi connectivity index (χ4n) is 2.81. The fourth-order valence-corrected chi connectivity index (χ4v) is 3.76. The van der Waals surface area contributed by atoms with Crippen LogP contribution in [-0.4, -0.2) is 38.6 Å². The minimum Gasteiger partial charge on any atom is -0.312 e. The number of hydrogen-bond donors (Lipinski definition) is 1. The second kappa shape index (κ2) is 4.80. The van der Waals surface area contributed by atoms with E-state index in [1.165, 1.54) is 30.2 Å². The second-order valence-corrected chi connectivity index (χ2v) is 6.56. The highest BCUT2D eigenvalue weighted by atomic mass is 32.2. The van der Waals surface area contributed by atoms with Crippen molar-refractivity contribution in [3.63, 3.8) is 0 Å². The van der Waals surface area contributed by atoms with E-state index in [2.05, 4.69) is 20.9 Å². The van der Waals surface area contributed by atoms with Crippen LogP contribution < -0.4 is 5.32 Å². The van der Waals surface area contributed by atoms with Crippen molar-refractivity contribution in [3.8, 4) is 0 Å². The topological polar surface area (TPSA) is 42.7 Å². The molecule has 1 saturated heterocycles. The van der Waals surface area contributed by atoms with E-state index in [9.17, 15) is 0 Å². The lowest BCUT2D eigenvalue weighted by molar-refractivity contribution is 0.534. The Labute approximate surface area is 117 Å². The lowest BCUT2D eigenvalue weighted by Gasteiger charge is -2.23. The summed E-state index contributed by atoms with van der Waals surface area (Å²) in [5, 5.41) is 3.60. The van der Waals surface area contributed by atoms with Crippen LogP contribution in [0.25, 0.3) is 11.2 Å². The van der Waals surface area contributed by atoms with Crippen LogP contribution in [0.1, 0.15) is 24.7 Å². The van der Waals surface area contributed by atoms with Crippen LogP contribution >= 0.6 is 11.8 Å². The summed E-state index contributed by atoms with van der Waals surface area (Å²) in [5.74, 6) is 3.65. The van der Waals surface area contributed by atoms with Crippen LogP contribution in [0.3, 0.4) is 0 Å². The van der Waals surface area contributed by atoms with E-state index < -0.39 is 0 Å². The average Bonchev–Trinajstić information content (AvgIpc) is 3.21. The average molecular weight is 274 g/mol. The van der Waals surface area contributed by atoms with Gasteiger partial charge in [0, 0.05) is 42.8 Å². The Hall–Kier alpha value is -1.07. The zero-order valence-corrected chi connectivity index (χ0v) is 11.7. The number of thioether (sulfide) groups is 1. The third-order valence-electron chi connectivity index (χ3n) is 3.86. The molecule has 2 aliphatic rings. The molecule has 1 saturated carbocycles. The molecule has 4 rings (SSSR count). The van der Waals surface area contributed by atoms with Gasteiger partial charge in [-0.05, 0) is 25.0 Å². The summed E-state index contributed by atoms with van der Waals surface area (Å²) in [6.45, 7) is 1.12. The highest BCUT2D eigenvalue weighted by molar-refractivity contribution is 7.99. The Kier molecular flexibility index (Phi) is 2.96. The van der Waals surface area contributed by atoms with E-state index in [0.717, 1.165) is 24.1 Å². The van der Waals surface area contributed by atoms with E-state index in [1.807, 2.05) is 24.0 Å². The molecule has 1 unspecified atom stereocenters. The van der Waals surface area contributed by atoms with Crippen molar-refractivity contribution in [3.05, 3.63) is 24.2 Å². The Morgan fingerprint density at radius 3 is 3.16 bits per heavy atom. The molecule has 2 fully saturated rings. The lowest BCUT2D eigenvalue weighted by atomic mass is 10.2. The molecular weight excluding hydrogens is 256 g/mol. The van der Waals surface area contributed by atoms with Crippen LogP contribution in [0.15, 0.2) is 18.3 Å². The summed E-state index contributed by atoms with van der Waals surface area (Å²) in [7, 11) is 0. The number of fused-ring (bicyclic) bond motifs is 1. The highest BCUT2D eigenvalue weighted by Gasteiger charge is 2.29. The maximum atomic E-state index is 4.82. The summed E-state index contributed by atoms with van der Waals surface area (Å²) < 4.78 is 2.39. The summed E-state index contributed by atoms with van der Waals surface area (Å²) in [6, 6.07) is 5.26. The van der Waals surface area contributed by atoms with Crippen LogP contribution in [0.4, 0.5) is 0 Å². The normalized spacial score (nSPS) is 23.9. The van der Waals surface area contributed by atoms with Crippen molar-refractivity contribution in [2.24, 2.45) is 0 Å². The molecule has 2 aromatic rings. The maximum absolute atomic E-state index is 4.82. The Balaban J connectivity index is 1.69. The molecule has 100 valence electrons. The molecule has 1 aliphatic carbocycles. The number of pyridine rings is 1. The first-order valence-corrected chi connectivity index (χ1v) is 8.20. The number of aromatic nitrogens is 3. The van der Waals surface area contributed by atoms with E-state index in [0.29, 0.717) is 12.1 Å². The van der Waals surface area contributed by atoms with Gasteiger partial charge in [0.15, 0.2) is 5.65 Å². The number of imidazole rings is 1. The molecule has 1 aliphatic heterocycles. The molecular formula is C14H18N4S. The van der Waals surface area contributed by atoms with Crippen LogP contribution in [0.2, 0.25) is 0 Å². The Morgan fingerprint density at radius 1 is 1.42 bits per heavy atom. The quantitative estimate of drug-likeness (QED) is 0.930. The van der Waals surface area contributed by atoms with E-state index >= 15 is 0 Å². The third kappa shape index (κ3) is 2.25. The predicted octanol–water partition coefficient (Wildman–Crippen LogP) is 2.01. The zero-order valence-electron chi connectivity index (χ0n) is 10.9. The second-order valence-electron chi connectivity index (χ2n) is 5.41. The van der Waals surface area contributed by atoms with Gasteiger partial charge in [0.2, 0.25) is 0 Å². The standard InChI is InChI=1S/C14H18N4S/c1-2-12-14(16-5-1)18(11-3-4-11)13(17-12)8-10-9-19-7-6-15-10/h1-2,5,10-11,15H,3-4,6-9H2. The first-order valence-electron chi connectivity index (χ1n) is 7.05. The van der Waals surface area contributed by atoms with Crippen molar-refractivity contribution in [1.29, 1.82) is 0 Å². The molecule has 4 nitrogen and oxygen atoms in total. The van der Waals surface area contributed by atoms with Crippen LogP contribution in [0, 0.1) is 0 Å². The van der Waals surface area contributed by atoms with Gasteiger partial charge in [-0.15, -0.1) is 0 Å². The SMILES string of the molecule is c1cnc2c(c1)nc(CC1CSCCN1)n2C1CC1. The Morgan fingerprint density at radius 2 is 2.37 bits per heavy atom. The van der Waals surface area contributed by atoms with Gasteiger partial charge in [0.25, 0.3) is 0 Å². The largest absolute Gasteiger partial charge is 0.312 e. The van der Waals surface area contributed by atoms with Gasteiger partial charge in [-0.2, -0.15) is 11.8 Å². The molecule has 0 radical (unpaired) electrons. The third-order valence-corrected chi connectivity index (χ3v) is 4.99. The van der Waals surface area contributed by atoms with Gasteiger partial charge in [-0.3, -0.25) is 0 Å². The molecule has 0 aromatic carbocycles. The van der Waals surface area contributed by atoms with Crippen molar-refractivity contribution in [1.82, 2.24) is 19.9 Å². The van der Waals surface area contributed by atoms with E-state index in [4.69, 9.17) is 4.98 Å². The highest BCUT2D eigenvalue weighted by Crippen LogP contribution is 2.38. The van der Waals surface area contributed by atoms with E-state index in [1.54, 1.807) is 0 Å².